The highest BCUT2D eigenvalue weighted by Gasteiger charge is 2.03. The van der Waals surface area contributed by atoms with Crippen molar-refractivity contribution in [3.05, 3.63) is 36.4 Å². The van der Waals surface area contributed by atoms with Crippen LogP contribution in [0, 0.1) is 0 Å². The minimum atomic E-state index is -0.229. The number of carbonyl (C=O) groups excluding carboxylic acids is 1. The number of amides is 1. The van der Waals surface area contributed by atoms with Crippen LogP contribution in [0.2, 0.25) is 0 Å². The second-order valence-corrected chi connectivity index (χ2v) is 1.95. The third-order valence-electron chi connectivity index (χ3n) is 1.13. The second kappa shape index (κ2) is 3.61. The van der Waals surface area contributed by atoms with Crippen LogP contribution in [0.25, 0.3) is 0 Å². The molecular formula is C8H9NO2. The lowest BCUT2D eigenvalue weighted by Gasteiger charge is -1.92. The Labute approximate surface area is 64.7 Å². The topological polar surface area (TPSA) is 42.2 Å². The van der Waals surface area contributed by atoms with Crippen LogP contribution in [0.1, 0.15) is 17.5 Å². The van der Waals surface area contributed by atoms with Gasteiger partial charge in [-0.15, -0.1) is 0 Å². The molecule has 3 heteroatoms. The van der Waals surface area contributed by atoms with Crippen molar-refractivity contribution >= 4 is 5.91 Å². The van der Waals surface area contributed by atoms with Crippen molar-refractivity contribution in [1.82, 2.24) is 5.32 Å². The number of carbonyl (C=O) groups is 1. The van der Waals surface area contributed by atoms with E-state index < -0.39 is 0 Å². The summed E-state index contributed by atoms with van der Waals surface area (Å²) >= 11 is 0. The number of rotatable bonds is 2. The summed E-state index contributed by atoms with van der Waals surface area (Å²) in [5.41, 5.74) is 0. The zero-order valence-corrected chi connectivity index (χ0v) is 6.20. The van der Waals surface area contributed by atoms with Crippen LogP contribution in [0.3, 0.4) is 0 Å². The van der Waals surface area contributed by atoms with E-state index in [1.54, 1.807) is 24.4 Å². The summed E-state index contributed by atoms with van der Waals surface area (Å²) in [5.74, 6) is 0.0937. The third-order valence-corrected chi connectivity index (χ3v) is 1.13. The van der Waals surface area contributed by atoms with Gasteiger partial charge >= 0.3 is 0 Å². The molecule has 1 rings (SSSR count). The van der Waals surface area contributed by atoms with Crippen LogP contribution in [0.4, 0.5) is 0 Å². The van der Waals surface area contributed by atoms with Crippen molar-refractivity contribution in [2.75, 3.05) is 0 Å². The Bertz CT molecular complexity index is 249. The highest BCUT2D eigenvalue weighted by molar-refractivity contribution is 5.91. The van der Waals surface area contributed by atoms with Gasteiger partial charge in [0.05, 0.1) is 6.26 Å². The predicted octanol–water partition coefficient (Wildman–Crippen LogP) is 1.54. The van der Waals surface area contributed by atoms with E-state index in [0.29, 0.717) is 5.76 Å². The van der Waals surface area contributed by atoms with Crippen LogP contribution in [-0.4, -0.2) is 5.91 Å². The molecule has 1 amide bonds. The van der Waals surface area contributed by atoms with Gasteiger partial charge in [-0.25, -0.2) is 0 Å². The first-order valence-corrected chi connectivity index (χ1v) is 3.30. The normalized spacial score (nSPS) is 10.3. The lowest BCUT2D eigenvalue weighted by molar-refractivity contribution is 0.0943. The van der Waals surface area contributed by atoms with Crippen LogP contribution in [0.15, 0.2) is 35.1 Å². The highest BCUT2D eigenvalue weighted by Crippen LogP contribution is 1.98. The van der Waals surface area contributed by atoms with Gasteiger partial charge in [0.1, 0.15) is 0 Å². The molecule has 0 aromatic carbocycles. The predicted molar refractivity (Wildman–Crippen MR) is 41.0 cm³/mol. The lowest BCUT2D eigenvalue weighted by Crippen LogP contribution is -2.15. The summed E-state index contributed by atoms with van der Waals surface area (Å²) in [6.45, 7) is 1.82. The summed E-state index contributed by atoms with van der Waals surface area (Å²) < 4.78 is 4.85. The Morgan fingerprint density at radius 3 is 3.09 bits per heavy atom. The summed E-state index contributed by atoms with van der Waals surface area (Å²) in [7, 11) is 0. The van der Waals surface area contributed by atoms with Crippen LogP contribution in [-0.2, 0) is 0 Å². The molecule has 1 aromatic rings. The zero-order valence-electron chi connectivity index (χ0n) is 6.20. The fraction of sp³-hybridized carbons (Fsp3) is 0.125. The Morgan fingerprint density at radius 1 is 1.73 bits per heavy atom. The molecule has 0 unspecified atom stereocenters. The minimum Gasteiger partial charge on any atom is -0.459 e. The lowest BCUT2D eigenvalue weighted by atomic mass is 10.4. The molecule has 0 saturated carbocycles. The quantitative estimate of drug-likeness (QED) is 0.696. The highest BCUT2D eigenvalue weighted by atomic mass is 16.3. The first-order valence-electron chi connectivity index (χ1n) is 3.30. The molecule has 0 bridgehead atoms. The van der Waals surface area contributed by atoms with Gasteiger partial charge in [0.25, 0.3) is 5.91 Å². The standard InChI is InChI=1S/C8H9NO2/c1-2-5-9-8(10)7-4-3-6-11-7/h2-6H,1H3,(H,9,10)/b5-2-. The fourth-order valence-electron chi connectivity index (χ4n) is 0.638. The van der Waals surface area contributed by atoms with Crippen molar-refractivity contribution in [2.24, 2.45) is 0 Å². The molecule has 1 N–H and O–H groups in total. The van der Waals surface area contributed by atoms with E-state index in [0.717, 1.165) is 0 Å². The van der Waals surface area contributed by atoms with Gasteiger partial charge < -0.3 is 9.73 Å². The van der Waals surface area contributed by atoms with E-state index in [1.807, 2.05) is 6.92 Å². The number of hydrogen-bond donors (Lipinski definition) is 1. The smallest absolute Gasteiger partial charge is 0.290 e. The molecule has 0 aliphatic rings. The molecule has 0 spiro atoms. The summed E-state index contributed by atoms with van der Waals surface area (Å²) in [5, 5.41) is 2.52. The van der Waals surface area contributed by atoms with E-state index in [1.165, 1.54) is 6.26 Å². The molecule has 0 aliphatic heterocycles. The number of hydrogen-bond acceptors (Lipinski definition) is 2. The van der Waals surface area contributed by atoms with E-state index in [9.17, 15) is 4.79 Å². The van der Waals surface area contributed by atoms with Crippen molar-refractivity contribution in [2.45, 2.75) is 6.92 Å². The average molecular weight is 151 g/mol. The number of allylic oxidation sites excluding steroid dienone is 1. The maximum absolute atomic E-state index is 11.0. The van der Waals surface area contributed by atoms with Crippen molar-refractivity contribution < 1.29 is 9.21 Å². The van der Waals surface area contributed by atoms with Gasteiger partial charge in [-0.1, -0.05) is 6.08 Å². The molecule has 0 aliphatic carbocycles. The molecule has 3 nitrogen and oxygen atoms in total. The van der Waals surface area contributed by atoms with Crippen LogP contribution in [0.5, 0.6) is 0 Å². The van der Waals surface area contributed by atoms with Gasteiger partial charge in [0, 0.05) is 0 Å². The van der Waals surface area contributed by atoms with Crippen molar-refractivity contribution in [1.29, 1.82) is 0 Å². The van der Waals surface area contributed by atoms with Crippen molar-refractivity contribution in [3.8, 4) is 0 Å². The van der Waals surface area contributed by atoms with E-state index in [4.69, 9.17) is 4.42 Å². The number of nitrogens with one attached hydrogen (secondary N) is 1. The molecule has 0 fully saturated rings. The summed E-state index contributed by atoms with van der Waals surface area (Å²) in [6, 6.07) is 3.28. The van der Waals surface area contributed by atoms with Crippen LogP contribution < -0.4 is 5.32 Å². The Kier molecular flexibility index (Phi) is 2.49. The van der Waals surface area contributed by atoms with E-state index in [2.05, 4.69) is 5.32 Å². The minimum absolute atomic E-state index is 0.229. The van der Waals surface area contributed by atoms with Gasteiger partial charge in [-0.05, 0) is 25.3 Å². The summed E-state index contributed by atoms with van der Waals surface area (Å²) in [6.07, 6.45) is 4.76. The summed E-state index contributed by atoms with van der Waals surface area (Å²) in [4.78, 5) is 11.0. The second-order valence-electron chi connectivity index (χ2n) is 1.95. The Balaban J connectivity index is 2.56. The molecule has 1 heterocycles. The van der Waals surface area contributed by atoms with Gasteiger partial charge in [0.2, 0.25) is 0 Å². The van der Waals surface area contributed by atoms with E-state index >= 15 is 0 Å². The maximum Gasteiger partial charge on any atom is 0.290 e. The first-order chi connectivity index (χ1) is 5.34. The zero-order chi connectivity index (χ0) is 8.10. The molecule has 1 aromatic heterocycles. The largest absolute Gasteiger partial charge is 0.459 e. The fourth-order valence-corrected chi connectivity index (χ4v) is 0.638. The molecule has 0 atom stereocenters. The SMILES string of the molecule is C/C=C\NC(=O)c1ccco1. The van der Waals surface area contributed by atoms with Gasteiger partial charge in [0.15, 0.2) is 5.76 Å². The average Bonchev–Trinajstić information content (AvgIpc) is 2.52. The molecule has 58 valence electrons. The first kappa shape index (κ1) is 7.60. The number of furan rings is 1. The Morgan fingerprint density at radius 2 is 2.55 bits per heavy atom. The van der Waals surface area contributed by atoms with Crippen LogP contribution >= 0.6 is 0 Å². The molecular weight excluding hydrogens is 142 g/mol. The molecule has 0 saturated heterocycles. The van der Waals surface area contributed by atoms with Crippen molar-refractivity contribution in [3.63, 3.8) is 0 Å². The van der Waals surface area contributed by atoms with Gasteiger partial charge in [-0.3, -0.25) is 4.79 Å². The maximum atomic E-state index is 11.0. The van der Waals surface area contributed by atoms with E-state index in [-0.39, 0.29) is 5.91 Å². The Hall–Kier alpha value is -1.51. The molecule has 0 radical (unpaired) electrons. The monoisotopic (exact) mass is 151 g/mol. The molecule has 11 heavy (non-hydrogen) atoms. The third kappa shape index (κ3) is 1.97. The van der Waals surface area contributed by atoms with Gasteiger partial charge in [-0.2, -0.15) is 0 Å².